The molecule has 7 nitrogen and oxygen atoms in total. The summed E-state index contributed by atoms with van der Waals surface area (Å²) in [5.41, 5.74) is 0.275. The van der Waals surface area contributed by atoms with Crippen LogP contribution in [0.5, 0.6) is 5.75 Å². The van der Waals surface area contributed by atoms with Crippen molar-refractivity contribution >= 4 is 11.8 Å². The van der Waals surface area contributed by atoms with Crippen molar-refractivity contribution in [3.63, 3.8) is 0 Å². The Morgan fingerprint density at radius 3 is 2.34 bits per heavy atom. The van der Waals surface area contributed by atoms with E-state index < -0.39 is 12.2 Å². The first-order valence-corrected chi connectivity index (χ1v) is 14.9. The Hall–Kier alpha value is -2.66. The van der Waals surface area contributed by atoms with Gasteiger partial charge in [0.1, 0.15) is 5.75 Å². The number of aliphatic hydroxyl groups is 1. The van der Waals surface area contributed by atoms with Gasteiger partial charge in [0.25, 0.3) is 0 Å². The van der Waals surface area contributed by atoms with Gasteiger partial charge in [0.05, 0.1) is 12.3 Å². The molecule has 2 saturated carbocycles. The summed E-state index contributed by atoms with van der Waals surface area (Å²) < 4.78 is 56.9. The van der Waals surface area contributed by atoms with Gasteiger partial charge in [-0.2, -0.15) is 4.98 Å². The van der Waals surface area contributed by atoms with Gasteiger partial charge in [-0.05, 0) is 87.8 Å². The molecule has 4 rings (SSSR count). The van der Waals surface area contributed by atoms with Crippen LogP contribution in [0, 0.1) is 29.5 Å². The quantitative estimate of drug-likeness (QED) is 0.201. The van der Waals surface area contributed by atoms with E-state index in [1.807, 2.05) is 0 Å². The molecular formula is C30H43F4N5O2. The maximum absolute atomic E-state index is 14.6. The Balaban J connectivity index is 1.30. The molecule has 1 heterocycles. The van der Waals surface area contributed by atoms with Gasteiger partial charge in [0.2, 0.25) is 5.95 Å². The molecule has 1 aromatic heterocycles. The third kappa shape index (κ3) is 10.3. The highest BCUT2D eigenvalue weighted by Crippen LogP contribution is 2.36. The van der Waals surface area contributed by atoms with Crippen molar-refractivity contribution in [3.05, 3.63) is 41.8 Å². The van der Waals surface area contributed by atoms with E-state index in [0.717, 1.165) is 64.2 Å². The summed E-state index contributed by atoms with van der Waals surface area (Å²) in [6.45, 7) is 4.76. The Morgan fingerprint density at radius 1 is 0.927 bits per heavy atom. The average molecular weight is 582 g/mol. The molecule has 11 heteroatoms. The van der Waals surface area contributed by atoms with Gasteiger partial charge in [-0.15, -0.1) is 13.2 Å². The lowest BCUT2D eigenvalue weighted by Crippen LogP contribution is -2.36. The number of hydrogen-bond donors (Lipinski definition) is 4. The number of hydrogen-bond acceptors (Lipinski definition) is 7. The van der Waals surface area contributed by atoms with Crippen LogP contribution in [0.1, 0.15) is 70.3 Å². The second-order valence-electron chi connectivity index (χ2n) is 11.7. The molecule has 0 bridgehead atoms. The zero-order chi connectivity index (χ0) is 29.2. The maximum atomic E-state index is 14.6. The van der Waals surface area contributed by atoms with Crippen molar-refractivity contribution in [3.8, 4) is 5.75 Å². The zero-order valence-electron chi connectivity index (χ0n) is 23.7. The number of para-hydroxylation sites is 1. The summed E-state index contributed by atoms with van der Waals surface area (Å²) in [6, 6.07) is 5.82. The highest BCUT2D eigenvalue weighted by Gasteiger charge is 2.32. The standard InChI is InChI=1S/C30H43F4N5O2/c1-2-5-21-12-22(16-35-15-20-8-10-25(40)11-9-20)14-23(13-21)17-36-28-26(31)19-38-29(39-28)37-18-24-6-3-4-7-27(24)41-30(32,33)34/h3-4,6-7,19-23,25,35,40H,2,5,8-18H2,1H3,(H2,36,37,38,39)/t20-,21?,22-,23-,25-/m1/s1. The van der Waals surface area contributed by atoms with Gasteiger partial charge in [-0.25, -0.2) is 9.37 Å². The molecule has 2 aromatic rings. The SMILES string of the molecule is CCCC1C[C@@H](CNC[C@H]2CC[C@H](O)CC2)C[C@H](CNc2nc(NCc3ccccc3OC(F)(F)F)ncc2F)C1. The first-order chi connectivity index (χ1) is 19.7. The Labute approximate surface area is 239 Å². The topological polar surface area (TPSA) is 91.3 Å². The molecule has 1 aromatic carbocycles. The monoisotopic (exact) mass is 581 g/mol. The molecular weight excluding hydrogens is 538 g/mol. The summed E-state index contributed by atoms with van der Waals surface area (Å²) in [4.78, 5) is 8.21. The van der Waals surface area contributed by atoms with Crippen LogP contribution in [0.15, 0.2) is 30.5 Å². The zero-order valence-corrected chi connectivity index (χ0v) is 23.7. The van der Waals surface area contributed by atoms with Crippen molar-refractivity contribution < 1.29 is 27.4 Å². The third-order valence-corrected chi connectivity index (χ3v) is 8.32. The minimum atomic E-state index is -4.80. The second-order valence-corrected chi connectivity index (χ2v) is 11.7. The number of anilines is 2. The largest absolute Gasteiger partial charge is 0.573 e. The lowest BCUT2D eigenvalue weighted by Gasteiger charge is -2.36. The van der Waals surface area contributed by atoms with Gasteiger partial charge in [-0.3, -0.25) is 0 Å². The van der Waals surface area contributed by atoms with E-state index in [1.54, 1.807) is 6.07 Å². The number of nitrogens with zero attached hydrogens (tertiary/aromatic N) is 2. The number of alkyl halides is 3. The molecule has 0 spiro atoms. The fourth-order valence-electron chi connectivity index (χ4n) is 6.39. The van der Waals surface area contributed by atoms with Crippen molar-refractivity contribution in [2.45, 2.75) is 83.7 Å². The van der Waals surface area contributed by atoms with Gasteiger partial charge in [0.15, 0.2) is 11.6 Å². The number of halogens is 4. The highest BCUT2D eigenvalue weighted by molar-refractivity contribution is 5.42. The van der Waals surface area contributed by atoms with E-state index in [1.165, 1.54) is 31.0 Å². The minimum Gasteiger partial charge on any atom is -0.405 e. The predicted octanol–water partition coefficient (Wildman–Crippen LogP) is 6.51. The van der Waals surface area contributed by atoms with Crippen LogP contribution in [0.4, 0.5) is 29.3 Å². The molecule has 1 unspecified atom stereocenters. The smallest absolute Gasteiger partial charge is 0.405 e. The van der Waals surface area contributed by atoms with Gasteiger partial charge >= 0.3 is 6.36 Å². The summed E-state index contributed by atoms with van der Waals surface area (Å²) >= 11 is 0. The maximum Gasteiger partial charge on any atom is 0.573 e. The summed E-state index contributed by atoms with van der Waals surface area (Å²) in [5.74, 6) is 1.53. The van der Waals surface area contributed by atoms with Crippen LogP contribution in [0.3, 0.4) is 0 Å². The molecule has 228 valence electrons. The Morgan fingerprint density at radius 2 is 1.61 bits per heavy atom. The molecule has 0 amide bonds. The molecule has 4 N–H and O–H groups in total. The number of ether oxygens (including phenoxy) is 1. The fourth-order valence-corrected chi connectivity index (χ4v) is 6.39. The fraction of sp³-hybridized carbons (Fsp3) is 0.667. The molecule has 2 aliphatic rings. The highest BCUT2D eigenvalue weighted by atomic mass is 19.4. The van der Waals surface area contributed by atoms with E-state index in [2.05, 4.69) is 37.6 Å². The lowest BCUT2D eigenvalue weighted by molar-refractivity contribution is -0.274. The van der Waals surface area contributed by atoms with Crippen molar-refractivity contribution in [1.29, 1.82) is 0 Å². The van der Waals surface area contributed by atoms with Crippen molar-refractivity contribution in [2.24, 2.45) is 23.7 Å². The van der Waals surface area contributed by atoms with Crippen LogP contribution in [0.25, 0.3) is 0 Å². The normalized spacial score (nSPS) is 25.1. The third-order valence-electron chi connectivity index (χ3n) is 8.32. The van der Waals surface area contributed by atoms with Crippen molar-refractivity contribution in [1.82, 2.24) is 15.3 Å². The van der Waals surface area contributed by atoms with Crippen LogP contribution in [-0.4, -0.2) is 47.2 Å². The molecule has 2 fully saturated rings. The number of rotatable bonds is 13. The second kappa shape index (κ2) is 15.0. The first kappa shape index (κ1) is 31.3. The number of aromatic nitrogens is 2. The minimum absolute atomic E-state index is 0.0191. The van der Waals surface area contributed by atoms with Gasteiger partial charge in [0, 0.05) is 18.7 Å². The van der Waals surface area contributed by atoms with E-state index in [-0.39, 0.29) is 35.7 Å². The molecule has 41 heavy (non-hydrogen) atoms. The van der Waals surface area contributed by atoms with Crippen LogP contribution >= 0.6 is 0 Å². The van der Waals surface area contributed by atoms with Crippen LogP contribution in [0.2, 0.25) is 0 Å². The predicted molar refractivity (Wildman–Crippen MR) is 151 cm³/mol. The summed E-state index contributed by atoms with van der Waals surface area (Å²) in [5, 5.41) is 19.5. The van der Waals surface area contributed by atoms with E-state index in [0.29, 0.717) is 30.2 Å². The van der Waals surface area contributed by atoms with E-state index >= 15 is 0 Å². The molecule has 3 atom stereocenters. The van der Waals surface area contributed by atoms with Gasteiger partial charge < -0.3 is 25.8 Å². The summed E-state index contributed by atoms with van der Waals surface area (Å²) in [6.07, 6.45) is 5.77. The van der Waals surface area contributed by atoms with E-state index in [9.17, 15) is 22.7 Å². The first-order valence-electron chi connectivity index (χ1n) is 14.9. The summed E-state index contributed by atoms with van der Waals surface area (Å²) in [7, 11) is 0. The number of benzene rings is 1. The number of aliphatic hydroxyl groups excluding tert-OH is 1. The Kier molecular flexibility index (Phi) is 11.4. The van der Waals surface area contributed by atoms with Gasteiger partial charge in [-0.1, -0.05) is 38.0 Å². The number of nitrogens with one attached hydrogen (secondary N) is 3. The van der Waals surface area contributed by atoms with Crippen LogP contribution < -0.4 is 20.7 Å². The molecule has 2 aliphatic carbocycles. The molecule has 0 radical (unpaired) electrons. The lowest BCUT2D eigenvalue weighted by atomic mass is 9.73. The van der Waals surface area contributed by atoms with Crippen molar-refractivity contribution in [2.75, 3.05) is 30.3 Å². The van der Waals surface area contributed by atoms with E-state index in [4.69, 9.17) is 0 Å². The molecule has 0 saturated heterocycles. The average Bonchev–Trinajstić information content (AvgIpc) is 2.93. The molecule has 0 aliphatic heterocycles. The van der Waals surface area contributed by atoms with Crippen LogP contribution in [-0.2, 0) is 6.54 Å². The Bertz CT molecular complexity index is 1080.